The fraction of sp³-hybridized carbons (Fsp3) is 0.286. The lowest BCUT2D eigenvalue weighted by atomic mass is 9.63. The second-order valence-corrected chi connectivity index (χ2v) is 10.1. The predicted molar refractivity (Wildman–Crippen MR) is 137 cm³/mol. The molecule has 1 aliphatic heterocycles. The van der Waals surface area contributed by atoms with Gasteiger partial charge in [0.2, 0.25) is 5.91 Å². The summed E-state index contributed by atoms with van der Waals surface area (Å²) < 4.78 is 11.7. The SMILES string of the molecule is COc1ccc2c(c1)O[C@@H](c1ccc(C(=O)O)cc1)C[C@H]2NC(=O)C1(c2ccc(Cl)c(Cl)c2)CCC1. The molecule has 1 saturated carbocycles. The van der Waals surface area contributed by atoms with Gasteiger partial charge in [-0.25, -0.2) is 4.79 Å². The third kappa shape index (κ3) is 4.40. The largest absolute Gasteiger partial charge is 0.497 e. The molecule has 0 unspecified atom stereocenters. The highest BCUT2D eigenvalue weighted by molar-refractivity contribution is 6.42. The van der Waals surface area contributed by atoms with Gasteiger partial charge < -0.3 is 19.9 Å². The average molecular weight is 526 g/mol. The summed E-state index contributed by atoms with van der Waals surface area (Å²) in [6.07, 6.45) is 2.54. The lowest BCUT2D eigenvalue weighted by Gasteiger charge is -2.43. The maximum Gasteiger partial charge on any atom is 0.335 e. The number of methoxy groups -OCH3 is 1. The molecule has 5 rings (SSSR count). The number of carbonyl (C=O) groups excluding carboxylic acids is 1. The van der Waals surface area contributed by atoms with Crippen LogP contribution in [0.5, 0.6) is 11.5 Å². The Hall–Kier alpha value is -3.22. The zero-order valence-electron chi connectivity index (χ0n) is 19.6. The van der Waals surface area contributed by atoms with Crippen molar-refractivity contribution < 1.29 is 24.2 Å². The Morgan fingerprint density at radius 3 is 2.39 bits per heavy atom. The molecule has 2 N–H and O–H groups in total. The molecule has 2 aliphatic rings. The highest BCUT2D eigenvalue weighted by atomic mass is 35.5. The van der Waals surface area contributed by atoms with Crippen molar-refractivity contribution >= 4 is 35.1 Å². The molecule has 2 atom stereocenters. The molecular formula is C28H25Cl2NO5. The number of ether oxygens (including phenoxy) is 2. The number of halogens is 2. The van der Waals surface area contributed by atoms with Crippen LogP contribution in [0.3, 0.4) is 0 Å². The molecular weight excluding hydrogens is 501 g/mol. The number of rotatable bonds is 6. The Morgan fingerprint density at radius 1 is 1.03 bits per heavy atom. The number of carboxylic acid groups (broad SMARTS) is 1. The van der Waals surface area contributed by atoms with Gasteiger partial charge in [0.15, 0.2) is 0 Å². The molecule has 6 nitrogen and oxygen atoms in total. The topological polar surface area (TPSA) is 84.9 Å². The molecule has 0 aromatic heterocycles. The van der Waals surface area contributed by atoms with Gasteiger partial charge >= 0.3 is 5.97 Å². The highest BCUT2D eigenvalue weighted by Gasteiger charge is 2.47. The number of hydrogen-bond acceptors (Lipinski definition) is 4. The van der Waals surface area contributed by atoms with Crippen LogP contribution in [0.4, 0.5) is 0 Å². The van der Waals surface area contributed by atoms with Crippen molar-refractivity contribution in [3.63, 3.8) is 0 Å². The van der Waals surface area contributed by atoms with Crippen molar-refractivity contribution in [2.24, 2.45) is 0 Å². The van der Waals surface area contributed by atoms with Gasteiger partial charge in [0.05, 0.1) is 34.2 Å². The molecule has 0 spiro atoms. The van der Waals surface area contributed by atoms with E-state index in [2.05, 4.69) is 5.32 Å². The average Bonchev–Trinajstić information content (AvgIpc) is 2.85. The Bertz CT molecular complexity index is 1320. The first-order valence-corrected chi connectivity index (χ1v) is 12.5. The Morgan fingerprint density at radius 2 is 1.78 bits per heavy atom. The normalized spacial score (nSPS) is 19.9. The minimum atomic E-state index is -0.987. The summed E-state index contributed by atoms with van der Waals surface area (Å²) >= 11 is 12.4. The van der Waals surface area contributed by atoms with Gasteiger partial charge in [-0.2, -0.15) is 0 Å². The quantitative estimate of drug-likeness (QED) is 0.383. The summed E-state index contributed by atoms with van der Waals surface area (Å²) in [7, 11) is 1.59. The zero-order valence-corrected chi connectivity index (χ0v) is 21.1. The molecule has 186 valence electrons. The summed E-state index contributed by atoms with van der Waals surface area (Å²) in [4.78, 5) is 25.1. The molecule has 1 fully saturated rings. The summed E-state index contributed by atoms with van der Waals surface area (Å²) in [5.74, 6) is 0.225. The van der Waals surface area contributed by atoms with Crippen molar-refractivity contribution in [1.82, 2.24) is 5.32 Å². The number of benzene rings is 3. The fourth-order valence-electron chi connectivity index (χ4n) is 5.02. The summed E-state index contributed by atoms with van der Waals surface area (Å²) in [5.41, 5.74) is 2.11. The maximum atomic E-state index is 13.8. The van der Waals surface area contributed by atoms with Crippen LogP contribution in [-0.4, -0.2) is 24.1 Å². The van der Waals surface area contributed by atoms with Gasteiger partial charge in [-0.3, -0.25) is 4.79 Å². The molecule has 1 heterocycles. The monoisotopic (exact) mass is 525 g/mol. The van der Waals surface area contributed by atoms with Crippen LogP contribution < -0.4 is 14.8 Å². The lowest BCUT2D eigenvalue weighted by Crippen LogP contribution is -2.50. The predicted octanol–water partition coefficient (Wildman–Crippen LogP) is 6.50. The maximum absolute atomic E-state index is 13.8. The first kappa shape index (κ1) is 24.5. The molecule has 8 heteroatoms. The van der Waals surface area contributed by atoms with Crippen molar-refractivity contribution in [2.75, 3.05) is 7.11 Å². The first-order valence-electron chi connectivity index (χ1n) is 11.7. The minimum absolute atomic E-state index is 0.0548. The zero-order chi connectivity index (χ0) is 25.4. The van der Waals surface area contributed by atoms with E-state index < -0.39 is 11.4 Å². The van der Waals surface area contributed by atoms with Crippen LogP contribution in [0.1, 0.15) is 64.9 Å². The van der Waals surface area contributed by atoms with Crippen LogP contribution in [0, 0.1) is 0 Å². The van der Waals surface area contributed by atoms with Crippen molar-refractivity contribution in [1.29, 1.82) is 0 Å². The standard InChI is InChI=1S/C28H25Cl2NO5/c1-35-19-8-9-20-23(15-24(36-25(20)14-19)16-3-5-17(6-4-16)26(32)33)31-27(34)28(11-2-12-28)18-7-10-21(29)22(30)13-18/h3-10,13-14,23-24H,2,11-12,15H2,1H3,(H,31,34)(H,32,33)/t23-,24-/m1/s1. The van der Waals surface area contributed by atoms with Crippen molar-refractivity contribution in [2.45, 2.75) is 43.2 Å². The van der Waals surface area contributed by atoms with Gasteiger partial charge in [-0.05, 0) is 60.4 Å². The molecule has 0 bridgehead atoms. The fourth-order valence-corrected chi connectivity index (χ4v) is 5.32. The molecule has 0 saturated heterocycles. The molecule has 0 radical (unpaired) electrons. The van der Waals surface area contributed by atoms with Crippen LogP contribution in [0.15, 0.2) is 60.7 Å². The van der Waals surface area contributed by atoms with E-state index in [4.69, 9.17) is 32.7 Å². The number of nitrogens with one attached hydrogen (secondary N) is 1. The van der Waals surface area contributed by atoms with E-state index in [9.17, 15) is 14.7 Å². The molecule has 3 aromatic carbocycles. The summed E-state index contributed by atoms with van der Waals surface area (Å²) in [6.45, 7) is 0. The van der Waals surface area contributed by atoms with E-state index in [1.807, 2.05) is 24.3 Å². The number of amides is 1. The van der Waals surface area contributed by atoms with Crippen LogP contribution >= 0.6 is 23.2 Å². The van der Waals surface area contributed by atoms with Crippen LogP contribution in [0.2, 0.25) is 10.0 Å². The Balaban J connectivity index is 1.46. The molecule has 3 aromatic rings. The lowest BCUT2D eigenvalue weighted by molar-refractivity contribution is -0.131. The number of aromatic carboxylic acids is 1. The van der Waals surface area contributed by atoms with E-state index in [1.165, 1.54) is 0 Å². The smallest absolute Gasteiger partial charge is 0.335 e. The number of carboxylic acids is 1. The molecule has 1 amide bonds. The third-order valence-corrected chi connectivity index (χ3v) is 8.00. The number of fused-ring (bicyclic) bond motifs is 1. The molecule has 36 heavy (non-hydrogen) atoms. The van der Waals surface area contributed by atoms with Gasteiger partial charge in [0.25, 0.3) is 0 Å². The van der Waals surface area contributed by atoms with Gasteiger partial charge in [-0.15, -0.1) is 0 Å². The van der Waals surface area contributed by atoms with E-state index in [0.29, 0.717) is 28.0 Å². The third-order valence-electron chi connectivity index (χ3n) is 7.26. The van der Waals surface area contributed by atoms with Crippen LogP contribution in [0.25, 0.3) is 0 Å². The van der Waals surface area contributed by atoms with Crippen molar-refractivity contribution in [3.8, 4) is 11.5 Å². The summed E-state index contributed by atoms with van der Waals surface area (Å²) in [5, 5.41) is 13.4. The van der Waals surface area contributed by atoms with Gasteiger partial charge in [0.1, 0.15) is 17.6 Å². The van der Waals surface area contributed by atoms with E-state index in [1.54, 1.807) is 43.5 Å². The minimum Gasteiger partial charge on any atom is -0.497 e. The van der Waals surface area contributed by atoms with Gasteiger partial charge in [0, 0.05) is 18.1 Å². The second-order valence-electron chi connectivity index (χ2n) is 9.26. The van der Waals surface area contributed by atoms with E-state index >= 15 is 0 Å². The van der Waals surface area contributed by atoms with Gasteiger partial charge in [-0.1, -0.05) is 47.8 Å². The van der Waals surface area contributed by atoms with E-state index in [-0.39, 0.29) is 23.6 Å². The second kappa shape index (κ2) is 9.68. The summed E-state index contributed by atoms with van der Waals surface area (Å²) in [6, 6.07) is 17.3. The Kier molecular flexibility index (Phi) is 6.58. The highest BCUT2D eigenvalue weighted by Crippen LogP contribution is 2.47. The Labute approximate surface area is 219 Å². The first-order chi connectivity index (χ1) is 17.3. The molecule has 1 aliphatic carbocycles. The van der Waals surface area contributed by atoms with Crippen LogP contribution in [-0.2, 0) is 10.2 Å². The van der Waals surface area contributed by atoms with E-state index in [0.717, 1.165) is 36.0 Å². The number of carbonyl (C=O) groups is 2. The number of hydrogen-bond donors (Lipinski definition) is 2. The van der Waals surface area contributed by atoms with Crippen molar-refractivity contribution in [3.05, 3.63) is 93.0 Å².